The summed E-state index contributed by atoms with van der Waals surface area (Å²) in [6.07, 6.45) is 0.324. The fourth-order valence-electron chi connectivity index (χ4n) is 1.38. The van der Waals surface area contributed by atoms with Crippen LogP contribution in [-0.2, 0) is 0 Å². The zero-order valence-electron chi connectivity index (χ0n) is 6.61. The Hall–Kier alpha value is -1.90. The standard InChI is InChI=1S/C10H6O3/c11-5-8-9(12)6-3-1-2-4-7(6)10(8)13/h1-5,11H/p-1. The molecule has 0 bridgehead atoms. The van der Waals surface area contributed by atoms with Crippen molar-refractivity contribution in [3.63, 3.8) is 0 Å². The highest BCUT2D eigenvalue weighted by Gasteiger charge is 2.30. The second kappa shape index (κ2) is 2.55. The maximum absolute atomic E-state index is 11.3. The third kappa shape index (κ3) is 0.902. The summed E-state index contributed by atoms with van der Waals surface area (Å²) in [6.45, 7) is 0. The molecule has 2 rings (SSSR count). The van der Waals surface area contributed by atoms with Crippen molar-refractivity contribution in [2.24, 2.45) is 0 Å². The van der Waals surface area contributed by atoms with Gasteiger partial charge in [0, 0.05) is 11.1 Å². The molecule has 0 aliphatic heterocycles. The molecule has 1 aromatic rings. The maximum atomic E-state index is 11.3. The van der Waals surface area contributed by atoms with Crippen LogP contribution in [0.1, 0.15) is 20.7 Å². The number of rotatable bonds is 0. The van der Waals surface area contributed by atoms with E-state index in [0.29, 0.717) is 17.4 Å². The number of ketones is 2. The van der Waals surface area contributed by atoms with Crippen molar-refractivity contribution in [2.45, 2.75) is 0 Å². The number of carbonyl (C=O) groups is 2. The van der Waals surface area contributed by atoms with Crippen LogP contribution in [0.25, 0.3) is 0 Å². The van der Waals surface area contributed by atoms with E-state index < -0.39 is 11.6 Å². The van der Waals surface area contributed by atoms with Crippen LogP contribution in [0.2, 0.25) is 0 Å². The summed E-state index contributed by atoms with van der Waals surface area (Å²) in [6, 6.07) is 6.42. The molecular weight excluding hydrogens is 168 g/mol. The number of Topliss-reactive ketones (excluding diaryl/α,β-unsaturated/α-hetero) is 2. The first kappa shape index (κ1) is 7.73. The lowest BCUT2D eigenvalue weighted by Gasteiger charge is -1.94. The fourth-order valence-corrected chi connectivity index (χ4v) is 1.38. The van der Waals surface area contributed by atoms with Crippen molar-refractivity contribution in [2.75, 3.05) is 0 Å². The number of benzene rings is 1. The maximum Gasteiger partial charge on any atom is 0.196 e. The Morgan fingerprint density at radius 3 is 1.85 bits per heavy atom. The van der Waals surface area contributed by atoms with Gasteiger partial charge in [-0.05, 0) is 0 Å². The zero-order chi connectivity index (χ0) is 9.42. The largest absolute Gasteiger partial charge is 0.877 e. The molecule has 0 amide bonds. The predicted molar refractivity (Wildman–Crippen MR) is 43.2 cm³/mol. The highest BCUT2D eigenvalue weighted by Crippen LogP contribution is 2.24. The summed E-state index contributed by atoms with van der Waals surface area (Å²) < 4.78 is 0. The van der Waals surface area contributed by atoms with Gasteiger partial charge in [-0.15, -0.1) is 6.26 Å². The SMILES string of the molecule is O=C1C(=C[O-])C(=O)c2ccccc21. The lowest BCUT2D eigenvalue weighted by molar-refractivity contribution is -0.275. The predicted octanol–water partition coefficient (Wildman–Crippen LogP) is 0.310. The molecule has 0 atom stereocenters. The molecule has 0 N–H and O–H groups in total. The van der Waals surface area contributed by atoms with Gasteiger partial charge in [-0.2, -0.15) is 0 Å². The van der Waals surface area contributed by atoms with E-state index in [2.05, 4.69) is 0 Å². The lowest BCUT2D eigenvalue weighted by atomic mass is 10.1. The molecular formula is C10H5O3-. The van der Waals surface area contributed by atoms with Crippen molar-refractivity contribution in [1.82, 2.24) is 0 Å². The zero-order valence-corrected chi connectivity index (χ0v) is 6.61. The van der Waals surface area contributed by atoms with Crippen LogP contribution in [0.3, 0.4) is 0 Å². The quantitative estimate of drug-likeness (QED) is 0.322. The van der Waals surface area contributed by atoms with E-state index in [1.54, 1.807) is 24.3 Å². The molecule has 0 heterocycles. The summed E-state index contributed by atoms with van der Waals surface area (Å²) in [5.41, 5.74) is 0.394. The van der Waals surface area contributed by atoms with E-state index in [4.69, 9.17) is 0 Å². The van der Waals surface area contributed by atoms with Crippen molar-refractivity contribution >= 4 is 11.6 Å². The highest BCUT2D eigenvalue weighted by molar-refractivity contribution is 6.39. The molecule has 0 saturated heterocycles. The van der Waals surface area contributed by atoms with E-state index in [1.165, 1.54) is 0 Å². The van der Waals surface area contributed by atoms with Crippen LogP contribution in [0, 0.1) is 0 Å². The number of carbonyl (C=O) groups excluding carboxylic acids is 2. The first-order valence-corrected chi connectivity index (χ1v) is 3.76. The smallest absolute Gasteiger partial charge is 0.196 e. The van der Waals surface area contributed by atoms with Gasteiger partial charge in [-0.1, -0.05) is 24.3 Å². The Balaban J connectivity index is 2.71. The van der Waals surface area contributed by atoms with Crippen LogP contribution in [-0.4, -0.2) is 11.6 Å². The van der Waals surface area contributed by atoms with E-state index in [1.807, 2.05) is 0 Å². The second-order valence-corrected chi connectivity index (χ2v) is 2.74. The number of allylic oxidation sites excluding steroid dienone is 1. The van der Waals surface area contributed by atoms with Crippen LogP contribution >= 0.6 is 0 Å². The Kier molecular flexibility index (Phi) is 1.52. The van der Waals surface area contributed by atoms with Gasteiger partial charge in [-0.3, -0.25) is 9.59 Å². The minimum Gasteiger partial charge on any atom is -0.877 e. The van der Waals surface area contributed by atoms with Gasteiger partial charge in [0.25, 0.3) is 0 Å². The van der Waals surface area contributed by atoms with Crippen LogP contribution in [0.15, 0.2) is 36.1 Å². The van der Waals surface area contributed by atoms with Crippen molar-refractivity contribution in [3.8, 4) is 0 Å². The summed E-state index contributed by atoms with van der Waals surface area (Å²) in [4.78, 5) is 22.7. The lowest BCUT2D eigenvalue weighted by Crippen LogP contribution is -2.05. The molecule has 64 valence electrons. The molecule has 0 aromatic heterocycles. The van der Waals surface area contributed by atoms with E-state index >= 15 is 0 Å². The summed E-state index contributed by atoms with van der Waals surface area (Å²) in [5.74, 6) is -0.925. The van der Waals surface area contributed by atoms with Crippen molar-refractivity contribution < 1.29 is 14.7 Å². The third-order valence-corrected chi connectivity index (χ3v) is 2.02. The minimum atomic E-state index is -0.462. The number of fused-ring (bicyclic) bond motifs is 1. The van der Waals surface area contributed by atoms with Gasteiger partial charge < -0.3 is 5.11 Å². The first-order valence-electron chi connectivity index (χ1n) is 3.76. The van der Waals surface area contributed by atoms with Gasteiger partial charge in [0.2, 0.25) is 0 Å². The third-order valence-electron chi connectivity index (χ3n) is 2.02. The normalized spacial score (nSPS) is 14.6. The molecule has 1 aromatic carbocycles. The van der Waals surface area contributed by atoms with Crippen LogP contribution < -0.4 is 5.11 Å². The molecule has 13 heavy (non-hydrogen) atoms. The van der Waals surface area contributed by atoms with Crippen LogP contribution in [0.4, 0.5) is 0 Å². The van der Waals surface area contributed by atoms with Gasteiger partial charge in [0.05, 0.1) is 5.57 Å². The van der Waals surface area contributed by atoms with Gasteiger partial charge in [0.15, 0.2) is 11.6 Å². The molecule has 0 radical (unpaired) electrons. The molecule has 0 fully saturated rings. The number of hydrogen-bond donors (Lipinski definition) is 0. The minimum absolute atomic E-state index is 0.263. The number of hydrogen-bond acceptors (Lipinski definition) is 3. The summed E-state index contributed by atoms with van der Waals surface area (Å²) in [5, 5.41) is 10.4. The Bertz CT molecular complexity index is 393. The molecule has 0 saturated carbocycles. The molecule has 1 aliphatic rings. The topological polar surface area (TPSA) is 57.2 Å². The van der Waals surface area contributed by atoms with Gasteiger partial charge in [0.1, 0.15) is 0 Å². The van der Waals surface area contributed by atoms with E-state index in [9.17, 15) is 14.7 Å². The summed E-state index contributed by atoms with van der Waals surface area (Å²) >= 11 is 0. The fraction of sp³-hybridized carbons (Fsp3) is 0. The first-order chi connectivity index (χ1) is 6.25. The van der Waals surface area contributed by atoms with Crippen molar-refractivity contribution in [1.29, 1.82) is 0 Å². The van der Waals surface area contributed by atoms with Gasteiger partial charge >= 0.3 is 0 Å². The molecule has 3 heteroatoms. The molecule has 1 aliphatic carbocycles. The average molecular weight is 173 g/mol. The average Bonchev–Trinajstić information content (AvgIpc) is 2.41. The Morgan fingerprint density at radius 2 is 1.46 bits per heavy atom. The van der Waals surface area contributed by atoms with Crippen molar-refractivity contribution in [3.05, 3.63) is 47.2 Å². The Labute approximate surface area is 74.3 Å². The molecule has 3 nitrogen and oxygen atoms in total. The Morgan fingerprint density at radius 1 is 1.00 bits per heavy atom. The van der Waals surface area contributed by atoms with Gasteiger partial charge in [-0.25, -0.2) is 0 Å². The molecule has 0 spiro atoms. The second-order valence-electron chi connectivity index (χ2n) is 2.74. The van der Waals surface area contributed by atoms with Crippen LogP contribution in [0.5, 0.6) is 0 Å². The molecule has 0 unspecified atom stereocenters. The monoisotopic (exact) mass is 173 g/mol. The highest BCUT2D eigenvalue weighted by atomic mass is 16.2. The van der Waals surface area contributed by atoms with E-state index in [-0.39, 0.29) is 5.57 Å². The summed E-state index contributed by atoms with van der Waals surface area (Å²) in [7, 11) is 0. The van der Waals surface area contributed by atoms with E-state index in [0.717, 1.165) is 0 Å².